The lowest BCUT2D eigenvalue weighted by molar-refractivity contribution is 0.878. The average Bonchev–Trinajstić information content (AvgIpc) is 3.33. The third-order valence-electron chi connectivity index (χ3n) is 5.77. The highest BCUT2D eigenvalue weighted by atomic mass is 15.5. The summed E-state index contributed by atoms with van der Waals surface area (Å²) in [5.41, 5.74) is 8.06. The Balaban J connectivity index is 1.53. The van der Waals surface area contributed by atoms with Gasteiger partial charge in [-0.3, -0.25) is 10.4 Å². The van der Waals surface area contributed by atoms with Crippen molar-refractivity contribution in [3.63, 3.8) is 0 Å². The standard InChI is InChI=1S/C26H31N5/c1-20(28-17-16-21-10-4-7-13-24(21)27-2)29-30(3)25-14-15-26(31-18-8-9-19-31)23-12-6-5-11-22(23)25/h4-7,10-17,27H,8-9,18-19H2,1-3H3,(H,28,29)/b17-16-. The Kier molecular flexibility index (Phi) is 6.41. The van der Waals surface area contributed by atoms with Gasteiger partial charge in [-0.25, -0.2) is 4.99 Å². The van der Waals surface area contributed by atoms with Crippen molar-refractivity contribution in [1.82, 2.24) is 5.43 Å². The van der Waals surface area contributed by atoms with Crippen LogP contribution in [0.2, 0.25) is 0 Å². The van der Waals surface area contributed by atoms with Crippen LogP contribution in [0.5, 0.6) is 0 Å². The zero-order valence-corrected chi connectivity index (χ0v) is 18.6. The summed E-state index contributed by atoms with van der Waals surface area (Å²) in [6.07, 6.45) is 6.40. The molecule has 31 heavy (non-hydrogen) atoms. The van der Waals surface area contributed by atoms with E-state index in [1.165, 1.54) is 29.3 Å². The molecule has 0 radical (unpaired) electrons. The molecule has 5 nitrogen and oxygen atoms in total. The Hall–Kier alpha value is -3.47. The average molecular weight is 414 g/mol. The highest BCUT2D eigenvalue weighted by molar-refractivity contribution is 6.02. The van der Waals surface area contributed by atoms with Gasteiger partial charge in [0, 0.05) is 55.5 Å². The lowest BCUT2D eigenvalue weighted by atomic mass is 10.1. The molecule has 0 saturated carbocycles. The Bertz CT molecular complexity index is 1100. The number of fused-ring (bicyclic) bond motifs is 1. The van der Waals surface area contributed by atoms with Gasteiger partial charge in [0.2, 0.25) is 0 Å². The number of rotatable bonds is 6. The summed E-state index contributed by atoms with van der Waals surface area (Å²) >= 11 is 0. The van der Waals surface area contributed by atoms with Crippen molar-refractivity contribution in [3.8, 4) is 0 Å². The van der Waals surface area contributed by atoms with E-state index in [-0.39, 0.29) is 0 Å². The Morgan fingerprint density at radius 1 is 0.968 bits per heavy atom. The van der Waals surface area contributed by atoms with Gasteiger partial charge in [0.15, 0.2) is 0 Å². The maximum Gasteiger partial charge on any atom is 0.117 e. The zero-order valence-electron chi connectivity index (χ0n) is 18.6. The predicted octanol–water partition coefficient (Wildman–Crippen LogP) is 5.51. The van der Waals surface area contributed by atoms with Crippen LogP contribution in [-0.4, -0.2) is 33.0 Å². The first-order valence-electron chi connectivity index (χ1n) is 10.9. The van der Waals surface area contributed by atoms with Gasteiger partial charge in [-0.1, -0.05) is 42.5 Å². The number of hydrazine groups is 1. The minimum absolute atomic E-state index is 0.827. The highest BCUT2D eigenvalue weighted by Crippen LogP contribution is 2.34. The van der Waals surface area contributed by atoms with Gasteiger partial charge in [-0.15, -0.1) is 0 Å². The van der Waals surface area contributed by atoms with Gasteiger partial charge in [-0.2, -0.15) is 0 Å². The smallest absolute Gasteiger partial charge is 0.117 e. The largest absolute Gasteiger partial charge is 0.388 e. The Morgan fingerprint density at radius 3 is 2.45 bits per heavy atom. The number of para-hydroxylation sites is 1. The van der Waals surface area contributed by atoms with E-state index in [0.29, 0.717) is 0 Å². The Morgan fingerprint density at radius 2 is 1.68 bits per heavy atom. The molecule has 1 aliphatic heterocycles. The lowest BCUT2D eigenvalue weighted by Gasteiger charge is -2.26. The van der Waals surface area contributed by atoms with E-state index < -0.39 is 0 Å². The number of hydrogen-bond acceptors (Lipinski definition) is 4. The maximum absolute atomic E-state index is 4.57. The number of anilines is 3. The van der Waals surface area contributed by atoms with E-state index in [2.05, 4.69) is 69.2 Å². The second-order valence-electron chi connectivity index (χ2n) is 7.88. The van der Waals surface area contributed by atoms with Gasteiger partial charge in [0.05, 0.1) is 5.69 Å². The summed E-state index contributed by atoms with van der Waals surface area (Å²) in [7, 11) is 3.97. The van der Waals surface area contributed by atoms with Crippen molar-refractivity contribution in [2.75, 3.05) is 42.4 Å². The van der Waals surface area contributed by atoms with Crippen LogP contribution in [0.15, 0.2) is 71.9 Å². The summed E-state index contributed by atoms with van der Waals surface area (Å²) in [5.74, 6) is 0.827. The molecule has 5 heteroatoms. The monoisotopic (exact) mass is 413 g/mol. The van der Waals surface area contributed by atoms with E-state index in [4.69, 9.17) is 0 Å². The lowest BCUT2D eigenvalue weighted by Crippen LogP contribution is -2.38. The summed E-state index contributed by atoms with van der Waals surface area (Å²) < 4.78 is 0. The van der Waals surface area contributed by atoms with E-state index in [1.54, 1.807) is 0 Å². The van der Waals surface area contributed by atoms with E-state index in [0.717, 1.165) is 35.9 Å². The second kappa shape index (κ2) is 9.56. The fourth-order valence-electron chi connectivity index (χ4n) is 4.22. The number of benzene rings is 3. The van der Waals surface area contributed by atoms with Gasteiger partial charge >= 0.3 is 0 Å². The summed E-state index contributed by atoms with van der Waals surface area (Å²) in [4.78, 5) is 7.07. The first kappa shape index (κ1) is 20.8. The molecule has 4 rings (SSSR count). The topological polar surface area (TPSA) is 42.9 Å². The molecule has 1 aliphatic rings. The predicted molar refractivity (Wildman–Crippen MR) is 135 cm³/mol. The molecule has 1 heterocycles. The molecule has 1 fully saturated rings. The molecule has 0 aliphatic carbocycles. The van der Waals surface area contributed by atoms with Crippen molar-refractivity contribution < 1.29 is 0 Å². The third kappa shape index (κ3) is 4.66. The van der Waals surface area contributed by atoms with Crippen LogP contribution in [0.25, 0.3) is 16.8 Å². The van der Waals surface area contributed by atoms with Crippen molar-refractivity contribution in [1.29, 1.82) is 0 Å². The molecule has 2 N–H and O–H groups in total. The normalized spacial score (nSPS) is 14.4. The summed E-state index contributed by atoms with van der Waals surface area (Å²) in [6, 6.07) is 21.3. The first-order chi connectivity index (χ1) is 15.2. The molecule has 0 atom stereocenters. The van der Waals surface area contributed by atoms with Gasteiger partial charge in [0.1, 0.15) is 5.84 Å². The van der Waals surface area contributed by atoms with Crippen LogP contribution in [0.1, 0.15) is 25.3 Å². The van der Waals surface area contributed by atoms with Crippen LogP contribution >= 0.6 is 0 Å². The molecule has 0 unspecified atom stereocenters. The fourth-order valence-corrected chi connectivity index (χ4v) is 4.22. The van der Waals surface area contributed by atoms with Crippen molar-refractivity contribution in [2.24, 2.45) is 4.99 Å². The molecule has 0 amide bonds. The first-order valence-corrected chi connectivity index (χ1v) is 10.9. The maximum atomic E-state index is 4.57. The van der Waals surface area contributed by atoms with E-state index in [1.807, 2.05) is 50.4 Å². The van der Waals surface area contributed by atoms with Gasteiger partial charge < -0.3 is 10.2 Å². The van der Waals surface area contributed by atoms with Crippen LogP contribution < -0.4 is 20.7 Å². The van der Waals surface area contributed by atoms with Crippen LogP contribution in [0, 0.1) is 0 Å². The zero-order chi connectivity index (χ0) is 21.6. The molecule has 160 valence electrons. The van der Waals surface area contributed by atoms with Crippen LogP contribution in [0.3, 0.4) is 0 Å². The second-order valence-corrected chi connectivity index (χ2v) is 7.88. The van der Waals surface area contributed by atoms with E-state index in [9.17, 15) is 0 Å². The quantitative estimate of drug-likeness (QED) is 0.318. The van der Waals surface area contributed by atoms with Gasteiger partial charge in [-0.05, 0) is 49.6 Å². The number of amidine groups is 1. The molecular weight excluding hydrogens is 382 g/mol. The Labute approximate surface area is 185 Å². The highest BCUT2D eigenvalue weighted by Gasteiger charge is 2.17. The molecule has 0 spiro atoms. The van der Waals surface area contributed by atoms with Crippen LogP contribution in [0.4, 0.5) is 17.1 Å². The fraction of sp³-hybridized carbons (Fsp3) is 0.269. The minimum atomic E-state index is 0.827. The molecule has 0 aromatic heterocycles. The number of hydrogen-bond donors (Lipinski definition) is 2. The van der Waals surface area contributed by atoms with E-state index >= 15 is 0 Å². The SMILES string of the molecule is CNc1ccccc1/C=C\N=C(C)NN(C)c1ccc(N2CCCC2)c2ccccc12. The molecule has 1 saturated heterocycles. The molecule has 3 aromatic rings. The van der Waals surface area contributed by atoms with Crippen molar-refractivity contribution in [2.45, 2.75) is 19.8 Å². The minimum Gasteiger partial charge on any atom is -0.388 e. The molecule has 3 aromatic carbocycles. The summed E-state index contributed by atoms with van der Waals surface area (Å²) in [5, 5.41) is 7.79. The third-order valence-corrected chi connectivity index (χ3v) is 5.77. The van der Waals surface area contributed by atoms with Gasteiger partial charge in [0.25, 0.3) is 0 Å². The van der Waals surface area contributed by atoms with Crippen LogP contribution in [-0.2, 0) is 0 Å². The van der Waals surface area contributed by atoms with Crippen molar-refractivity contribution in [3.05, 3.63) is 72.4 Å². The van der Waals surface area contributed by atoms with Crippen molar-refractivity contribution >= 4 is 39.7 Å². The molecular formula is C26H31N5. The number of nitrogens with one attached hydrogen (secondary N) is 2. The molecule has 0 bridgehead atoms. The number of nitrogens with zero attached hydrogens (tertiary/aromatic N) is 3. The summed E-state index contributed by atoms with van der Waals surface area (Å²) in [6.45, 7) is 4.27. The number of aliphatic imine (C=N–C) groups is 1.